The van der Waals surface area contributed by atoms with E-state index in [0.29, 0.717) is 18.9 Å². The van der Waals surface area contributed by atoms with Gasteiger partial charge in [-0.1, -0.05) is 6.92 Å². The smallest absolute Gasteiger partial charge is 0.224 e. The maximum absolute atomic E-state index is 11.8. The predicted octanol–water partition coefficient (Wildman–Crippen LogP) is 0.263. The number of hydrogen-bond acceptors (Lipinski definition) is 3. The molecule has 1 fully saturated rings. The van der Waals surface area contributed by atoms with E-state index in [1.807, 2.05) is 20.8 Å². The Morgan fingerprint density at radius 2 is 1.94 bits per heavy atom. The van der Waals surface area contributed by atoms with E-state index in [-0.39, 0.29) is 23.3 Å². The zero-order valence-corrected chi connectivity index (χ0v) is 11.8. The molecule has 1 rings (SSSR count). The molecular weight excluding hydrogens is 230 g/mol. The molecule has 104 valence electrons. The average molecular weight is 255 g/mol. The third kappa shape index (κ3) is 5.04. The van der Waals surface area contributed by atoms with Crippen molar-refractivity contribution in [3.05, 3.63) is 0 Å². The van der Waals surface area contributed by atoms with E-state index in [4.69, 9.17) is 0 Å². The number of hydrogen-bond donors (Lipinski definition) is 3. The summed E-state index contributed by atoms with van der Waals surface area (Å²) in [4.78, 5) is 23.4. The van der Waals surface area contributed by atoms with Crippen molar-refractivity contribution in [3.63, 3.8) is 0 Å². The van der Waals surface area contributed by atoms with Crippen molar-refractivity contribution in [2.45, 2.75) is 39.7 Å². The summed E-state index contributed by atoms with van der Waals surface area (Å²) in [6.45, 7) is 9.92. The first-order chi connectivity index (χ1) is 8.29. The van der Waals surface area contributed by atoms with E-state index in [0.717, 1.165) is 13.1 Å². The van der Waals surface area contributed by atoms with Crippen LogP contribution in [0.3, 0.4) is 0 Å². The molecule has 5 nitrogen and oxygen atoms in total. The Bertz CT molecular complexity index is 310. The van der Waals surface area contributed by atoms with E-state index < -0.39 is 0 Å². The highest BCUT2D eigenvalue weighted by Crippen LogP contribution is 2.15. The number of carbonyl (C=O) groups is 2. The van der Waals surface area contributed by atoms with Gasteiger partial charge >= 0.3 is 0 Å². The van der Waals surface area contributed by atoms with Gasteiger partial charge < -0.3 is 16.0 Å². The second-order valence-electron chi connectivity index (χ2n) is 6.08. The van der Waals surface area contributed by atoms with Crippen molar-refractivity contribution >= 4 is 11.8 Å². The van der Waals surface area contributed by atoms with Crippen LogP contribution < -0.4 is 16.0 Å². The van der Waals surface area contributed by atoms with E-state index in [1.165, 1.54) is 0 Å². The van der Waals surface area contributed by atoms with Gasteiger partial charge in [-0.2, -0.15) is 0 Å². The molecule has 0 bridgehead atoms. The molecule has 0 aliphatic carbocycles. The lowest BCUT2D eigenvalue weighted by atomic mass is 9.97. The second kappa shape index (κ2) is 6.18. The molecule has 0 radical (unpaired) electrons. The first-order valence-corrected chi connectivity index (χ1v) is 6.59. The van der Waals surface area contributed by atoms with Crippen molar-refractivity contribution in [2.75, 3.05) is 19.6 Å². The van der Waals surface area contributed by atoms with Gasteiger partial charge in [0.25, 0.3) is 0 Å². The van der Waals surface area contributed by atoms with Crippen LogP contribution in [0.5, 0.6) is 0 Å². The largest absolute Gasteiger partial charge is 0.355 e. The minimum Gasteiger partial charge on any atom is -0.355 e. The van der Waals surface area contributed by atoms with Gasteiger partial charge in [-0.15, -0.1) is 0 Å². The molecule has 1 saturated heterocycles. The normalized spacial score (nSPS) is 23.8. The third-order valence-corrected chi connectivity index (χ3v) is 3.02. The second-order valence-corrected chi connectivity index (χ2v) is 6.08. The van der Waals surface area contributed by atoms with Crippen LogP contribution in [0.25, 0.3) is 0 Å². The van der Waals surface area contributed by atoms with Crippen LogP contribution in [-0.2, 0) is 9.59 Å². The van der Waals surface area contributed by atoms with Crippen molar-refractivity contribution in [3.8, 4) is 0 Å². The van der Waals surface area contributed by atoms with Crippen LogP contribution in [0.4, 0.5) is 0 Å². The summed E-state index contributed by atoms with van der Waals surface area (Å²) >= 11 is 0. The Labute approximate surface area is 109 Å². The van der Waals surface area contributed by atoms with Gasteiger partial charge in [-0.25, -0.2) is 0 Å². The monoisotopic (exact) mass is 255 g/mol. The Balaban J connectivity index is 2.21. The molecule has 1 aliphatic heterocycles. The lowest BCUT2D eigenvalue weighted by Gasteiger charge is -2.20. The quantitative estimate of drug-likeness (QED) is 0.675. The van der Waals surface area contributed by atoms with Crippen LogP contribution in [-0.4, -0.2) is 37.0 Å². The van der Waals surface area contributed by atoms with Gasteiger partial charge in [-0.05, 0) is 33.2 Å². The highest BCUT2D eigenvalue weighted by molar-refractivity contribution is 5.81. The van der Waals surface area contributed by atoms with E-state index >= 15 is 0 Å². The van der Waals surface area contributed by atoms with Crippen molar-refractivity contribution in [1.29, 1.82) is 0 Å². The summed E-state index contributed by atoms with van der Waals surface area (Å²) in [5, 5.41) is 8.89. The first-order valence-electron chi connectivity index (χ1n) is 6.59. The molecule has 0 aromatic rings. The van der Waals surface area contributed by atoms with Crippen LogP contribution in [0.1, 0.15) is 34.1 Å². The van der Waals surface area contributed by atoms with Crippen LogP contribution in [0.15, 0.2) is 0 Å². The van der Waals surface area contributed by atoms with E-state index in [1.54, 1.807) is 0 Å². The summed E-state index contributed by atoms with van der Waals surface area (Å²) in [6, 6.07) is 0. The molecule has 1 aliphatic rings. The highest BCUT2D eigenvalue weighted by atomic mass is 16.2. The Hall–Kier alpha value is -1.10. The molecular formula is C13H25N3O2. The molecule has 2 amide bonds. The maximum atomic E-state index is 11.8. The van der Waals surface area contributed by atoms with Crippen LogP contribution in [0.2, 0.25) is 0 Å². The maximum Gasteiger partial charge on any atom is 0.224 e. The van der Waals surface area contributed by atoms with Crippen molar-refractivity contribution < 1.29 is 9.59 Å². The SMILES string of the molecule is C[C@@H]1CNC[C@H]1C(=O)NCCC(=O)NC(C)(C)C. The molecule has 5 heteroatoms. The Morgan fingerprint density at radius 1 is 1.28 bits per heavy atom. The van der Waals surface area contributed by atoms with Gasteiger partial charge in [0.2, 0.25) is 11.8 Å². The van der Waals surface area contributed by atoms with Gasteiger partial charge in [0.15, 0.2) is 0 Å². The Morgan fingerprint density at radius 3 is 2.44 bits per heavy atom. The highest BCUT2D eigenvalue weighted by Gasteiger charge is 2.29. The van der Waals surface area contributed by atoms with Crippen molar-refractivity contribution in [1.82, 2.24) is 16.0 Å². The standard InChI is InChI=1S/C13H25N3O2/c1-9-7-14-8-10(9)12(18)15-6-5-11(17)16-13(2,3)4/h9-10,14H,5-8H2,1-4H3,(H,15,18)(H,16,17)/t9-,10-/m1/s1. The lowest BCUT2D eigenvalue weighted by Crippen LogP contribution is -2.42. The van der Waals surface area contributed by atoms with Gasteiger partial charge in [0.05, 0.1) is 5.92 Å². The van der Waals surface area contributed by atoms with Crippen molar-refractivity contribution in [2.24, 2.45) is 11.8 Å². The topological polar surface area (TPSA) is 70.2 Å². The number of carbonyl (C=O) groups excluding carboxylic acids is 2. The molecule has 2 atom stereocenters. The first kappa shape index (κ1) is 15.0. The van der Waals surface area contributed by atoms with Crippen LogP contribution in [0, 0.1) is 11.8 Å². The van der Waals surface area contributed by atoms with Gasteiger partial charge in [0.1, 0.15) is 0 Å². The number of amides is 2. The average Bonchev–Trinajstić information content (AvgIpc) is 2.61. The van der Waals surface area contributed by atoms with Crippen LogP contribution >= 0.6 is 0 Å². The molecule has 0 spiro atoms. The summed E-state index contributed by atoms with van der Waals surface area (Å²) in [7, 11) is 0. The summed E-state index contributed by atoms with van der Waals surface area (Å²) in [5.74, 6) is 0.431. The molecule has 18 heavy (non-hydrogen) atoms. The fourth-order valence-electron chi connectivity index (χ4n) is 2.07. The molecule has 1 heterocycles. The molecule has 3 N–H and O–H groups in total. The lowest BCUT2D eigenvalue weighted by molar-refractivity contribution is -0.125. The summed E-state index contributed by atoms with van der Waals surface area (Å²) in [6.07, 6.45) is 0.331. The zero-order chi connectivity index (χ0) is 13.8. The van der Waals surface area contributed by atoms with E-state index in [9.17, 15) is 9.59 Å². The molecule has 0 aromatic carbocycles. The minimum atomic E-state index is -0.217. The Kier molecular flexibility index (Phi) is 5.14. The minimum absolute atomic E-state index is 0.0274. The van der Waals surface area contributed by atoms with Gasteiger partial charge in [-0.3, -0.25) is 9.59 Å². The number of nitrogens with one attached hydrogen (secondary N) is 3. The molecule has 0 unspecified atom stereocenters. The number of rotatable bonds is 4. The fourth-order valence-corrected chi connectivity index (χ4v) is 2.07. The fraction of sp³-hybridized carbons (Fsp3) is 0.846. The molecule has 0 aromatic heterocycles. The van der Waals surface area contributed by atoms with Gasteiger partial charge in [0, 0.05) is 25.0 Å². The predicted molar refractivity (Wildman–Crippen MR) is 71.0 cm³/mol. The summed E-state index contributed by atoms with van der Waals surface area (Å²) < 4.78 is 0. The molecule has 0 saturated carbocycles. The summed E-state index contributed by atoms with van der Waals surface area (Å²) in [5.41, 5.74) is -0.217. The van der Waals surface area contributed by atoms with E-state index in [2.05, 4.69) is 22.9 Å². The zero-order valence-electron chi connectivity index (χ0n) is 11.8. The third-order valence-electron chi connectivity index (χ3n) is 3.02.